The van der Waals surface area contributed by atoms with E-state index in [2.05, 4.69) is 18.7 Å². The molecule has 118 valence electrons. The van der Waals surface area contributed by atoms with Crippen LogP contribution in [0.3, 0.4) is 0 Å². The molecule has 21 heavy (non-hydrogen) atoms. The van der Waals surface area contributed by atoms with E-state index in [0.29, 0.717) is 10.0 Å². The van der Waals surface area contributed by atoms with Crippen LogP contribution in [0.25, 0.3) is 0 Å². The van der Waals surface area contributed by atoms with Gasteiger partial charge in [0.2, 0.25) is 0 Å². The van der Waals surface area contributed by atoms with Gasteiger partial charge in [0.05, 0.1) is 10.0 Å². The van der Waals surface area contributed by atoms with Gasteiger partial charge in [0, 0.05) is 11.6 Å². The standard InChI is InChI=1S/C17H26Cl2N2/c1-3-17(4-2,21-9-5-6-10-21)16(20)12-13-7-8-14(18)15(19)11-13/h7-8,11,16H,3-6,9-10,12,20H2,1-2H3. The Labute approximate surface area is 138 Å². The molecule has 1 aromatic rings. The van der Waals surface area contributed by atoms with E-state index in [-0.39, 0.29) is 11.6 Å². The molecule has 2 rings (SSSR count). The first-order valence-corrected chi connectivity index (χ1v) is 8.73. The molecular formula is C17H26Cl2N2. The number of rotatable bonds is 6. The van der Waals surface area contributed by atoms with Gasteiger partial charge in [0.15, 0.2) is 0 Å². The fourth-order valence-electron chi connectivity index (χ4n) is 3.73. The van der Waals surface area contributed by atoms with Gasteiger partial charge in [0.1, 0.15) is 0 Å². The van der Waals surface area contributed by atoms with Gasteiger partial charge < -0.3 is 5.73 Å². The van der Waals surface area contributed by atoms with E-state index in [1.165, 1.54) is 31.5 Å². The minimum absolute atomic E-state index is 0.0998. The zero-order valence-electron chi connectivity index (χ0n) is 13.0. The maximum atomic E-state index is 6.66. The molecule has 4 heteroatoms. The lowest BCUT2D eigenvalue weighted by Crippen LogP contribution is -2.59. The summed E-state index contributed by atoms with van der Waals surface area (Å²) in [6.45, 7) is 6.88. The molecule has 2 nitrogen and oxygen atoms in total. The Bertz CT molecular complexity index is 466. The van der Waals surface area contributed by atoms with E-state index in [1.54, 1.807) is 0 Å². The number of hydrogen-bond acceptors (Lipinski definition) is 2. The van der Waals surface area contributed by atoms with Crippen LogP contribution in [0.4, 0.5) is 0 Å². The second kappa shape index (κ2) is 7.32. The monoisotopic (exact) mass is 328 g/mol. The molecule has 1 saturated heterocycles. The Morgan fingerprint density at radius 2 is 1.76 bits per heavy atom. The highest BCUT2D eigenvalue weighted by Crippen LogP contribution is 2.33. The second-order valence-electron chi connectivity index (χ2n) is 6.06. The quantitative estimate of drug-likeness (QED) is 0.831. The first-order valence-electron chi connectivity index (χ1n) is 7.98. The Morgan fingerprint density at radius 3 is 2.29 bits per heavy atom. The average molecular weight is 329 g/mol. The minimum Gasteiger partial charge on any atom is -0.326 e. The van der Waals surface area contributed by atoms with Gasteiger partial charge in [-0.3, -0.25) is 4.90 Å². The summed E-state index contributed by atoms with van der Waals surface area (Å²) in [5, 5.41) is 1.21. The summed E-state index contributed by atoms with van der Waals surface area (Å²) in [6, 6.07) is 5.96. The van der Waals surface area contributed by atoms with Crippen molar-refractivity contribution >= 4 is 23.2 Å². The fourth-order valence-corrected chi connectivity index (χ4v) is 4.05. The van der Waals surface area contributed by atoms with Gasteiger partial charge in [-0.1, -0.05) is 43.1 Å². The highest BCUT2D eigenvalue weighted by atomic mass is 35.5. The number of nitrogens with two attached hydrogens (primary N) is 1. The Hall–Kier alpha value is -0.280. The summed E-state index contributed by atoms with van der Waals surface area (Å²) in [6.07, 6.45) is 5.61. The van der Waals surface area contributed by atoms with Gasteiger partial charge in [-0.15, -0.1) is 0 Å². The van der Waals surface area contributed by atoms with E-state index < -0.39 is 0 Å². The molecule has 0 bridgehead atoms. The highest BCUT2D eigenvalue weighted by molar-refractivity contribution is 6.42. The van der Waals surface area contributed by atoms with E-state index in [9.17, 15) is 0 Å². The molecule has 1 heterocycles. The van der Waals surface area contributed by atoms with Crippen LogP contribution in [0.15, 0.2) is 18.2 Å². The van der Waals surface area contributed by atoms with Crippen LogP contribution < -0.4 is 5.73 Å². The first-order chi connectivity index (χ1) is 10.0. The summed E-state index contributed by atoms with van der Waals surface area (Å²) >= 11 is 12.1. The van der Waals surface area contributed by atoms with Gasteiger partial charge in [0.25, 0.3) is 0 Å². The van der Waals surface area contributed by atoms with Crippen LogP contribution in [0.1, 0.15) is 45.1 Å². The van der Waals surface area contributed by atoms with E-state index in [1.807, 2.05) is 18.2 Å². The molecule has 0 spiro atoms. The van der Waals surface area contributed by atoms with E-state index in [4.69, 9.17) is 28.9 Å². The molecule has 0 radical (unpaired) electrons. The zero-order valence-corrected chi connectivity index (χ0v) is 14.6. The zero-order chi connectivity index (χ0) is 15.5. The summed E-state index contributed by atoms with van der Waals surface area (Å²) in [5.41, 5.74) is 7.92. The summed E-state index contributed by atoms with van der Waals surface area (Å²) in [7, 11) is 0. The lowest BCUT2D eigenvalue weighted by molar-refractivity contribution is 0.0768. The van der Waals surface area contributed by atoms with E-state index in [0.717, 1.165) is 19.3 Å². The van der Waals surface area contributed by atoms with Crippen molar-refractivity contribution in [1.82, 2.24) is 4.90 Å². The summed E-state index contributed by atoms with van der Waals surface area (Å²) in [5.74, 6) is 0. The minimum atomic E-state index is 0.0998. The van der Waals surface area contributed by atoms with Crippen molar-refractivity contribution in [3.05, 3.63) is 33.8 Å². The molecule has 0 saturated carbocycles. The van der Waals surface area contributed by atoms with Crippen LogP contribution in [0.2, 0.25) is 10.0 Å². The molecule has 1 aromatic carbocycles. The maximum Gasteiger partial charge on any atom is 0.0595 e. The molecule has 1 unspecified atom stereocenters. The molecule has 1 fully saturated rings. The van der Waals surface area contributed by atoms with E-state index >= 15 is 0 Å². The number of nitrogens with zero attached hydrogens (tertiary/aromatic N) is 1. The van der Waals surface area contributed by atoms with Gasteiger partial charge in [-0.25, -0.2) is 0 Å². The predicted octanol–water partition coefficient (Wildman–Crippen LogP) is 4.52. The van der Waals surface area contributed by atoms with Crippen molar-refractivity contribution in [2.24, 2.45) is 5.73 Å². The van der Waals surface area contributed by atoms with Crippen LogP contribution >= 0.6 is 23.2 Å². The van der Waals surface area contributed by atoms with Gasteiger partial charge in [-0.05, 0) is 62.9 Å². The van der Waals surface area contributed by atoms with Crippen LogP contribution in [0, 0.1) is 0 Å². The summed E-state index contributed by atoms with van der Waals surface area (Å²) < 4.78 is 0. The summed E-state index contributed by atoms with van der Waals surface area (Å²) in [4.78, 5) is 2.61. The number of hydrogen-bond donors (Lipinski definition) is 1. The molecule has 1 aliphatic rings. The lowest BCUT2D eigenvalue weighted by atomic mass is 9.80. The molecule has 2 N–H and O–H groups in total. The van der Waals surface area contributed by atoms with Crippen LogP contribution in [-0.2, 0) is 6.42 Å². The second-order valence-corrected chi connectivity index (χ2v) is 6.88. The van der Waals surface area contributed by atoms with Gasteiger partial charge >= 0.3 is 0 Å². The molecule has 1 aliphatic heterocycles. The average Bonchev–Trinajstić information content (AvgIpc) is 3.00. The Balaban J connectivity index is 2.17. The fraction of sp³-hybridized carbons (Fsp3) is 0.647. The number of benzene rings is 1. The van der Waals surface area contributed by atoms with Crippen molar-refractivity contribution in [2.75, 3.05) is 13.1 Å². The lowest BCUT2D eigenvalue weighted by Gasteiger charge is -2.45. The first kappa shape index (κ1) is 17.1. The number of halogens is 2. The third kappa shape index (κ3) is 3.56. The number of likely N-dealkylation sites (tertiary alicyclic amines) is 1. The largest absolute Gasteiger partial charge is 0.326 e. The Morgan fingerprint density at radius 1 is 1.14 bits per heavy atom. The van der Waals surface area contributed by atoms with Gasteiger partial charge in [-0.2, -0.15) is 0 Å². The van der Waals surface area contributed by atoms with Crippen molar-refractivity contribution in [1.29, 1.82) is 0 Å². The molecule has 1 atom stereocenters. The van der Waals surface area contributed by atoms with Crippen molar-refractivity contribution in [3.8, 4) is 0 Å². The Kier molecular flexibility index (Phi) is 5.96. The van der Waals surface area contributed by atoms with Crippen molar-refractivity contribution < 1.29 is 0 Å². The third-order valence-corrected chi connectivity index (χ3v) is 5.83. The third-order valence-electron chi connectivity index (χ3n) is 5.09. The molecule has 0 aromatic heterocycles. The maximum absolute atomic E-state index is 6.66. The molecular weight excluding hydrogens is 303 g/mol. The smallest absolute Gasteiger partial charge is 0.0595 e. The highest BCUT2D eigenvalue weighted by Gasteiger charge is 2.40. The van der Waals surface area contributed by atoms with Crippen LogP contribution in [-0.4, -0.2) is 29.6 Å². The predicted molar refractivity (Wildman–Crippen MR) is 92.3 cm³/mol. The van der Waals surface area contributed by atoms with Crippen molar-refractivity contribution in [3.63, 3.8) is 0 Å². The molecule has 0 aliphatic carbocycles. The topological polar surface area (TPSA) is 29.3 Å². The van der Waals surface area contributed by atoms with Crippen molar-refractivity contribution in [2.45, 2.75) is 57.5 Å². The van der Waals surface area contributed by atoms with Crippen LogP contribution in [0.5, 0.6) is 0 Å². The molecule has 0 amide bonds. The SMILES string of the molecule is CCC(CC)(C(N)Cc1ccc(Cl)c(Cl)c1)N1CCCC1. The normalized spacial score (nSPS) is 18.1.